The molecule has 2 aromatic rings. The maximum Gasteiger partial charge on any atom is 0.404 e. The Bertz CT molecular complexity index is 1060. The number of nitrogen functional groups attached to an aromatic ring is 1. The van der Waals surface area contributed by atoms with Crippen LogP contribution in [0, 0.1) is 11.8 Å². The highest BCUT2D eigenvalue weighted by atomic mass is 32.2. The fourth-order valence-electron chi connectivity index (χ4n) is 4.51. The average Bonchev–Trinajstić information content (AvgIpc) is 3.54. The first kappa shape index (κ1) is 32.6. The van der Waals surface area contributed by atoms with Crippen LogP contribution >= 0.6 is 0 Å². The van der Waals surface area contributed by atoms with Crippen LogP contribution in [0.15, 0.2) is 59.5 Å². The van der Waals surface area contributed by atoms with Gasteiger partial charge in [-0.3, -0.25) is 0 Å². The summed E-state index contributed by atoms with van der Waals surface area (Å²) in [4.78, 5) is 11.4. The first-order valence-corrected chi connectivity index (χ1v) is 15.2. The number of hydrogen-bond acceptors (Lipinski definition) is 6. The van der Waals surface area contributed by atoms with Crippen molar-refractivity contribution < 1.29 is 27.8 Å². The summed E-state index contributed by atoms with van der Waals surface area (Å²) in [6, 6.07) is 15.2. The highest BCUT2D eigenvalue weighted by Gasteiger charge is 2.33. The van der Waals surface area contributed by atoms with E-state index in [4.69, 9.17) is 15.2 Å². The van der Waals surface area contributed by atoms with Crippen molar-refractivity contribution in [2.75, 3.05) is 32.0 Å². The molecule has 4 N–H and O–H groups in total. The molecule has 9 nitrogen and oxygen atoms in total. The second-order valence-corrected chi connectivity index (χ2v) is 11.8. The molecule has 2 aromatic carbocycles. The van der Waals surface area contributed by atoms with Gasteiger partial charge in [-0.05, 0) is 61.4 Å². The lowest BCUT2D eigenvalue weighted by atomic mass is 10.0. The van der Waals surface area contributed by atoms with Gasteiger partial charge in [0.2, 0.25) is 10.0 Å². The van der Waals surface area contributed by atoms with E-state index in [9.17, 15) is 18.3 Å². The van der Waals surface area contributed by atoms with Gasteiger partial charge in [0.1, 0.15) is 0 Å². The molecule has 4 rings (SSSR count). The zero-order valence-corrected chi connectivity index (χ0v) is 24.4. The highest BCUT2D eigenvalue weighted by molar-refractivity contribution is 7.89. The number of nitrogens with two attached hydrogens (primary N) is 1. The third-order valence-electron chi connectivity index (χ3n) is 6.39. The quantitative estimate of drug-likeness (QED) is 0.348. The third kappa shape index (κ3) is 10.8. The van der Waals surface area contributed by atoms with Crippen LogP contribution in [0.1, 0.15) is 52.5 Å². The number of carboxylic acid groups (broad SMARTS) is 1. The molecule has 1 atom stereocenters. The lowest BCUT2D eigenvalue weighted by molar-refractivity contribution is -0.0904. The van der Waals surface area contributed by atoms with Crippen LogP contribution in [-0.2, 0) is 25.9 Å². The maximum atomic E-state index is 13.1. The van der Waals surface area contributed by atoms with Crippen LogP contribution in [0.5, 0.6) is 0 Å². The van der Waals surface area contributed by atoms with Crippen LogP contribution in [0.4, 0.5) is 10.5 Å². The van der Waals surface area contributed by atoms with Crippen LogP contribution in [0.2, 0.25) is 0 Å². The number of hydrogen-bond donors (Lipinski definition) is 3. The van der Waals surface area contributed by atoms with Crippen molar-refractivity contribution in [1.82, 2.24) is 9.62 Å². The zero-order chi connectivity index (χ0) is 28.8. The largest absolute Gasteiger partial charge is 0.465 e. The minimum absolute atomic E-state index is 0.124. The summed E-state index contributed by atoms with van der Waals surface area (Å²) in [5.41, 5.74) is 7.15. The first-order valence-electron chi connectivity index (χ1n) is 13.8. The van der Waals surface area contributed by atoms with E-state index in [1.807, 2.05) is 58.0 Å². The number of carbonyl (C=O) groups is 1. The first-order chi connectivity index (χ1) is 18.6. The molecule has 0 aromatic heterocycles. The minimum Gasteiger partial charge on any atom is -0.465 e. The molecule has 0 spiro atoms. The molecule has 2 aliphatic heterocycles. The van der Waals surface area contributed by atoms with Crippen molar-refractivity contribution in [2.24, 2.45) is 11.8 Å². The van der Waals surface area contributed by atoms with E-state index in [0.29, 0.717) is 25.1 Å². The molecule has 39 heavy (non-hydrogen) atoms. The van der Waals surface area contributed by atoms with E-state index in [1.54, 1.807) is 12.1 Å². The van der Waals surface area contributed by atoms with Gasteiger partial charge in [0.25, 0.3) is 0 Å². The molecular formula is C29H45N3O6S. The normalized spacial score (nSPS) is 18.9. The Morgan fingerprint density at radius 3 is 2.15 bits per heavy atom. The van der Waals surface area contributed by atoms with E-state index in [-0.39, 0.29) is 23.6 Å². The van der Waals surface area contributed by atoms with Crippen molar-refractivity contribution >= 4 is 21.8 Å². The number of fused-ring (bicyclic) bond motifs is 1. The van der Waals surface area contributed by atoms with Gasteiger partial charge in [0.15, 0.2) is 6.29 Å². The summed E-state index contributed by atoms with van der Waals surface area (Å²) in [7, 11) is -3.71. The second kappa shape index (κ2) is 16.4. The average molecular weight is 564 g/mol. The number of ether oxygens (including phenoxy) is 2. The zero-order valence-electron chi connectivity index (χ0n) is 23.6. The van der Waals surface area contributed by atoms with Crippen molar-refractivity contribution in [3.63, 3.8) is 0 Å². The Morgan fingerprint density at radius 2 is 1.64 bits per heavy atom. The maximum absolute atomic E-state index is 13.1. The number of benzene rings is 2. The summed E-state index contributed by atoms with van der Waals surface area (Å²) in [6.07, 6.45) is 2.33. The van der Waals surface area contributed by atoms with Gasteiger partial charge >= 0.3 is 6.09 Å². The molecule has 10 heteroatoms. The fourth-order valence-corrected chi connectivity index (χ4v) is 6.13. The van der Waals surface area contributed by atoms with E-state index in [2.05, 4.69) is 5.32 Å². The molecule has 0 saturated carbocycles. The summed E-state index contributed by atoms with van der Waals surface area (Å²) in [5.74, 6) is 0.855. The Balaban J connectivity index is 0.000000442. The molecule has 218 valence electrons. The number of amides is 1. The van der Waals surface area contributed by atoms with Crippen LogP contribution in [0.3, 0.4) is 0 Å². The predicted molar refractivity (Wildman–Crippen MR) is 154 cm³/mol. The molecule has 0 aliphatic carbocycles. The van der Waals surface area contributed by atoms with E-state index >= 15 is 0 Å². The summed E-state index contributed by atoms with van der Waals surface area (Å²) in [5, 5.41) is 11.7. The van der Waals surface area contributed by atoms with Crippen LogP contribution in [-0.4, -0.2) is 62.6 Å². The van der Waals surface area contributed by atoms with Gasteiger partial charge in [-0.2, -0.15) is 4.31 Å². The highest BCUT2D eigenvalue weighted by Crippen LogP contribution is 2.30. The monoisotopic (exact) mass is 563 g/mol. The van der Waals surface area contributed by atoms with Crippen LogP contribution < -0.4 is 11.1 Å². The SMILES string of the molecule is C1CC2CCOC2O1.CC.CC(C)CN(CC[C@H](Cc1ccccc1)NC(=O)O)S(=O)(=O)c1ccc(N)cc1. The number of rotatable bonds is 10. The fraction of sp³-hybridized carbons (Fsp3) is 0.552. The summed E-state index contributed by atoms with van der Waals surface area (Å²) >= 11 is 0. The Hall–Kier alpha value is -2.66. The van der Waals surface area contributed by atoms with Crippen molar-refractivity contribution in [3.8, 4) is 0 Å². The molecule has 0 unspecified atom stereocenters. The minimum atomic E-state index is -3.71. The van der Waals surface area contributed by atoms with Gasteiger partial charge < -0.3 is 25.6 Å². The molecule has 0 radical (unpaired) electrons. The molecule has 1 amide bonds. The van der Waals surface area contributed by atoms with Crippen molar-refractivity contribution in [1.29, 1.82) is 0 Å². The standard InChI is InChI=1S/C21H29N3O4S.C6H10O2.C2H6/c1-16(2)15-24(29(27,28)20-10-8-18(22)9-11-20)13-12-19(23-21(25)26)14-17-6-4-3-5-7-17;1-3-7-6-5(1)2-4-8-6;1-2/h3-11,16,19,23H,12-15,22H2,1-2H3,(H,25,26);5-6H,1-4H2;1-2H3/t19-;;/m1../s1. The predicted octanol–water partition coefficient (Wildman–Crippen LogP) is 4.98. The lowest BCUT2D eigenvalue weighted by Gasteiger charge is -2.26. The third-order valence-corrected chi connectivity index (χ3v) is 8.27. The van der Waals surface area contributed by atoms with E-state index < -0.39 is 22.2 Å². The van der Waals surface area contributed by atoms with Crippen molar-refractivity contribution in [2.45, 2.75) is 70.6 Å². The van der Waals surface area contributed by atoms with E-state index in [1.165, 1.54) is 29.3 Å². The number of nitrogens with zero attached hydrogens (tertiary/aromatic N) is 1. The van der Waals surface area contributed by atoms with Gasteiger partial charge in [-0.15, -0.1) is 0 Å². The van der Waals surface area contributed by atoms with Gasteiger partial charge in [0, 0.05) is 30.7 Å². The van der Waals surface area contributed by atoms with E-state index in [0.717, 1.165) is 24.7 Å². The molecule has 2 aliphatic rings. The lowest BCUT2D eigenvalue weighted by Crippen LogP contribution is -2.41. The number of nitrogens with one attached hydrogen (secondary N) is 1. The van der Waals surface area contributed by atoms with Gasteiger partial charge in [-0.1, -0.05) is 58.0 Å². The Kier molecular flexibility index (Phi) is 13.7. The molecule has 2 saturated heterocycles. The van der Waals surface area contributed by atoms with Crippen LogP contribution in [0.25, 0.3) is 0 Å². The van der Waals surface area contributed by atoms with Gasteiger partial charge in [0.05, 0.1) is 18.1 Å². The molecule has 0 bridgehead atoms. The van der Waals surface area contributed by atoms with Gasteiger partial charge in [-0.25, -0.2) is 13.2 Å². The Labute approximate surface area is 233 Å². The number of sulfonamides is 1. The number of anilines is 1. The second-order valence-electron chi connectivity index (χ2n) is 9.90. The summed E-state index contributed by atoms with van der Waals surface area (Å²) in [6.45, 7) is 10.3. The molecular weight excluding hydrogens is 518 g/mol. The van der Waals surface area contributed by atoms with Crippen molar-refractivity contribution in [3.05, 3.63) is 60.2 Å². The topological polar surface area (TPSA) is 131 Å². The summed E-state index contributed by atoms with van der Waals surface area (Å²) < 4.78 is 38.2. The smallest absolute Gasteiger partial charge is 0.404 e. The Morgan fingerprint density at radius 1 is 1.05 bits per heavy atom. The molecule has 2 fully saturated rings. The molecule has 2 heterocycles.